The summed E-state index contributed by atoms with van der Waals surface area (Å²) in [6.07, 6.45) is 0. The van der Waals surface area contributed by atoms with E-state index in [1.54, 1.807) is 24.3 Å². The lowest BCUT2D eigenvalue weighted by Gasteiger charge is -2.06. The van der Waals surface area contributed by atoms with Crippen molar-refractivity contribution >= 4 is 5.69 Å². The Bertz CT molecular complexity index is 614. The van der Waals surface area contributed by atoms with Crippen LogP contribution in [0.5, 0.6) is 5.75 Å². The fourth-order valence-corrected chi connectivity index (χ4v) is 1.80. The summed E-state index contributed by atoms with van der Waals surface area (Å²) in [6, 6.07) is 10.7. The smallest absolute Gasteiger partial charge is 0.305 e. The van der Waals surface area contributed by atoms with Gasteiger partial charge in [0.25, 0.3) is 0 Å². The van der Waals surface area contributed by atoms with Crippen LogP contribution in [0.2, 0.25) is 0 Å². The molecule has 2 rings (SSSR count). The largest absolute Gasteiger partial charge is 0.508 e. The molecule has 20 heavy (non-hydrogen) atoms. The van der Waals surface area contributed by atoms with E-state index in [0.717, 1.165) is 11.6 Å². The van der Waals surface area contributed by atoms with Gasteiger partial charge in [0.1, 0.15) is 5.75 Å². The summed E-state index contributed by atoms with van der Waals surface area (Å²) >= 11 is 0. The lowest BCUT2D eigenvalue weighted by molar-refractivity contribution is -0.387. The van der Waals surface area contributed by atoms with Gasteiger partial charge in [-0.1, -0.05) is 24.3 Å². The highest BCUT2D eigenvalue weighted by atomic mass is 19.1. The van der Waals surface area contributed by atoms with Gasteiger partial charge in [-0.05, 0) is 17.7 Å². The molecule has 0 aliphatic carbocycles. The Labute approximate surface area is 114 Å². The van der Waals surface area contributed by atoms with Gasteiger partial charge in [-0.3, -0.25) is 10.1 Å². The van der Waals surface area contributed by atoms with Crippen molar-refractivity contribution in [1.82, 2.24) is 5.32 Å². The first-order valence-corrected chi connectivity index (χ1v) is 5.98. The Morgan fingerprint density at radius 1 is 1.15 bits per heavy atom. The third-order valence-electron chi connectivity index (χ3n) is 2.84. The van der Waals surface area contributed by atoms with Crippen LogP contribution in [0, 0.1) is 15.9 Å². The van der Waals surface area contributed by atoms with Crippen LogP contribution in [-0.2, 0) is 13.1 Å². The number of benzene rings is 2. The molecule has 0 atom stereocenters. The van der Waals surface area contributed by atoms with E-state index in [1.165, 1.54) is 12.1 Å². The molecule has 6 heteroatoms. The predicted octanol–water partition coefficient (Wildman–Crippen LogP) is 2.73. The first-order valence-electron chi connectivity index (χ1n) is 5.98. The second kappa shape index (κ2) is 6.12. The zero-order chi connectivity index (χ0) is 14.5. The zero-order valence-corrected chi connectivity index (χ0v) is 10.5. The average Bonchev–Trinajstić information content (AvgIpc) is 2.42. The Kier molecular flexibility index (Phi) is 4.27. The van der Waals surface area contributed by atoms with Gasteiger partial charge in [0.05, 0.1) is 4.92 Å². The number of aromatic hydroxyl groups is 1. The summed E-state index contributed by atoms with van der Waals surface area (Å²) < 4.78 is 13.8. The number of hydrogen-bond donors (Lipinski definition) is 2. The monoisotopic (exact) mass is 276 g/mol. The third kappa shape index (κ3) is 3.30. The predicted molar refractivity (Wildman–Crippen MR) is 71.7 cm³/mol. The van der Waals surface area contributed by atoms with Crippen LogP contribution in [0.25, 0.3) is 0 Å². The molecule has 0 amide bonds. The van der Waals surface area contributed by atoms with Crippen molar-refractivity contribution in [3.05, 3.63) is 69.5 Å². The quantitative estimate of drug-likeness (QED) is 0.650. The Balaban J connectivity index is 1.99. The van der Waals surface area contributed by atoms with Crippen molar-refractivity contribution in [2.24, 2.45) is 0 Å². The Morgan fingerprint density at radius 2 is 1.85 bits per heavy atom. The number of nitrogens with zero attached hydrogens (tertiary/aromatic N) is 1. The van der Waals surface area contributed by atoms with E-state index in [-0.39, 0.29) is 17.9 Å². The van der Waals surface area contributed by atoms with Gasteiger partial charge < -0.3 is 10.4 Å². The van der Waals surface area contributed by atoms with E-state index >= 15 is 0 Å². The minimum absolute atomic E-state index is 0.179. The van der Waals surface area contributed by atoms with E-state index in [9.17, 15) is 14.5 Å². The molecule has 2 aromatic rings. The molecule has 2 aromatic carbocycles. The number of phenolic OH excluding ortho intramolecular Hbond substituents is 1. The number of phenols is 1. The molecule has 0 aliphatic rings. The first-order chi connectivity index (χ1) is 9.58. The number of rotatable bonds is 5. The number of halogens is 1. The average molecular weight is 276 g/mol. The van der Waals surface area contributed by atoms with Crippen LogP contribution in [0.1, 0.15) is 11.1 Å². The normalized spacial score (nSPS) is 10.4. The first kappa shape index (κ1) is 14.0. The highest BCUT2D eigenvalue weighted by Gasteiger charge is 2.16. The van der Waals surface area contributed by atoms with Crippen molar-refractivity contribution in [3.8, 4) is 5.75 Å². The molecule has 2 N–H and O–H groups in total. The molecule has 5 nitrogen and oxygen atoms in total. The maximum atomic E-state index is 13.8. The summed E-state index contributed by atoms with van der Waals surface area (Å²) in [6.45, 7) is 0.663. The summed E-state index contributed by atoms with van der Waals surface area (Å²) in [5.74, 6) is -0.630. The molecular formula is C14H13FN2O3. The highest BCUT2D eigenvalue weighted by molar-refractivity contribution is 5.36. The standard InChI is InChI=1S/C14H13FN2O3/c15-14-11(2-1-3-13(14)17(19)20)9-16-8-10-4-6-12(18)7-5-10/h1-7,16,18H,8-9H2. The van der Waals surface area contributed by atoms with Crippen LogP contribution in [0.4, 0.5) is 10.1 Å². The van der Waals surface area contributed by atoms with Crippen molar-refractivity contribution in [3.63, 3.8) is 0 Å². The molecule has 0 fully saturated rings. The minimum atomic E-state index is -0.810. The minimum Gasteiger partial charge on any atom is -0.508 e. The maximum absolute atomic E-state index is 13.8. The lowest BCUT2D eigenvalue weighted by atomic mass is 10.1. The van der Waals surface area contributed by atoms with Crippen molar-refractivity contribution in [1.29, 1.82) is 0 Å². The molecule has 0 radical (unpaired) electrons. The highest BCUT2D eigenvalue weighted by Crippen LogP contribution is 2.20. The lowest BCUT2D eigenvalue weighted by Crippen LogP contribution is -2.14. The van der Waals surface area contributed by atoms with Crippen LogP contribution in [0.15, 0.2) is 42.5 Å². The van der Waals surface area contributed by atoms with Crippen LogP contribution in [0.3, 0.4) is 0 Å². The molecule has 0 saturated carbocycles. The van der Waals surface area contributed by atoms with Gasteiger partial charge in [-0.25, -0.2) is 0 Å². The van der Waals surface area contributed by atoms with Gasteiger partial charge in [0.2, 0.25) is 5.82 Å². The topological polar surface area (TPSA) is 75.4 Å². The van der Waals surface area contributed by atoms with Crippen molar-refractivity contribution < 1.29 is 14.4 Å². The third-order valence-corrected chi connectivity index (χ3v) is 2.84. The molecular weight excluding hydrogens is 263 g/mol. The molecule has 0 saturated heterocycles. The summed E-state index contributed by atoms with van der Waals surface area (Å²) in [7, 11) is 0. The van der Waals surface area contributed by atoms with Gasteiger partial charge in [-0.15, -0.1) is 0 Å². The second-order valence-corrected chi connectivity index (χ2v) is 4.28. The molecule has 0 heterocycles. The van der Waals surface area contributed by atoms with Crippen molar-refractivity contribution in [2.45, 2.75) is 13.1 Å². The summed E-state index contributed by atoms with van der Waals surface area (Å²) in [5, 5.41) is 22.8. The summed E-state index contributed by atoms with van der Waals surface area (Å²) in [5.41, 5.74) is 0.653. The van der Waals surface area contributed by atoms with Gasteiger partial charge in [0.15, 0.2) is 0 Å². The molecule has 0 spiro atoms. The molecule has 0 bridgehead atoms. The fraction of sp³-hybridized carbons (Fsp3) is 0.143. The van der Waals surface area contributed by atoms with Crippen molar-refractivity contribution in [2.75, 3.05) is 0 Å². The molecule has 0 aromatic heterocycles. The molecule has 0 unspecified atom stereocenters. The van der Waals surface area contributed by atoms with E-state index in [1.807, 2.05) is 0 Å². The zero-order valence-electron chi connectivity index (χ0n) is 10.5. The summed E-state index contributed by atoms with van der Waals surface area (Å²) in [4.78, 5) is 9.89. The van der Waals surface area contributed by atoms with Gasteiger partial charge >= 0.3 is 5.69 Å². The number of hydrogen-bond acceptors (Lipinski definition) is 4. The van der Waals surface area contributed by atoms with E-state index in [0.29, 0.717) is 6.54 Å². The maximum Gasteiger partial charge on any atom is 0.305 e. The molecule has 104 valence electrons. The van der Waals surface area contributed by atoms with Crippen LogP contribution < -0.4 is 5.32 Å². The number of nitrogens with one attached hydrogen (secondary N) is 1. The van der Waals surface area contributed by atoms with Crippen LogP contribution >= 0.6 is 0 Å². The SMILES string of the molecule is O=[N+]([O-])c1cccc(CNCc2ccc(O)cc2)c1F. The van der Waals surface area contributed by atoms with E-state index in [2.05, 4.69) is 5.32 Å². The number of nitro groups is 1. The van der Waals surface area contributed by atoms with Gasteiger partial charge in [0, 0.05) is 24.7 Å². The van der Waals surface area contributed by atoms with Crippen LogP contribution in [-0.4, -0.2) is 10.0 Å². The fourth-order valence-electron chi connectivity index (χ4n) is 1.80. The Morgan fingerprint density at radius 3 is 2.50 bits per heavy atom. The van der Waals surface area contributed by atoms with Gasteiger partial charge in [-0.2, -0.15) is 4.39 Å². The van der Waals surface area contributed by atoms with E-state index in [4.69, 9.17) is 5.11 Å². The molecule has 0 aliphatic heterocycles. The van der Waals surface area contributed by atoms with E-state index < -0.39 is 16.4 Å². The second-order valence-electron chi connectivity index (χ2n) is 4.28. The number of nitro benzene ring substituents is 1. The Hall–Kier alpha value is -2.47.